The second-order valence-corrected chi connectivity index (χ2v) is 4.57. The van der Waals surface area contributed by atoms with E-state index in [1.165, 1.54) is 11.1 Å². The summed E-state index contributed by atoms with van der Waals surface area (Å²) < 4.78 is 6.91. The summed E-state index contributed by atoms with van der Waals surface area (Å²) in [5.41, 5.74) is 10.6. The number of hydrogen-bond acceptors (Lipinski definition) is 3. The number of ether oxygens (including phenoxy) is 1. The summed E-state index contributed by atoms with van der Waals surface area (Å²) in [6, 6.07) is 7.95. The molecule has 4 nitrogen and oxygen atoms in total. The molecule has 1 atom stereocenters. The van der Waals surface area contributed by atoms with Gasteiger partial charge in [-0.1, -0.05) is 23.8 Å². The fourth-order valence-corrected chi connectivity index (χ4v) is 2.07. The van der Waals surface area contributed by atoms with E-state index in [2.05, 4.69) is 37.1 Å². The van der Waals surface area contributed by atoms with Gasteiger partial charge in [0.25, 0.3) is 0 Å². The van der Waals surface area contributed by atoms with Crippen LogP contribution in [0.25, 0.3) is 0 Å². The highest BCUT2D eigenvalue weighted by Gasteiger charge is 2.16. The molecule has 0 aliphatic carbocycles. The fraction of sp³-hybridized carbons (Fsp3) is 0.357. The zero-order chi connectivity index (χ0) is 13.3. The molecular weight excluding hydrogens is 226 g/mol. The van der Waals surface area contributed by atoms with Crippen LogP contribution in [-0.2, 0) is 7.05 Å². The maximum Gasteiger partial charge on any atom is 0.211 e. The van der Waals surface area contributed by atoms with Crippen LogP contribution in [0.3, 0.4) is 0 Å². The van der Waals surface area contributed by atoms with Crippen LogP contribution >= 0.6 is 0 Å². The van der Waals surface area contributed by atoms with Gasteiger partial charge in [-0.3, -0.25) is 0 Å². The minimum atomic E-state index is -0.222. The van der Waals surface area contributed by atoms with E-state index in [4.69, 9.17) is 10.5 Å². The summed E-state index contributed by atoms with van der Waals surface area (Å²) in [5.74, 6) is 0.714. The van der Waals surface area contributed by atoms with Crippen molar-refractivity contribution >= 4 is 0 Å². The molecule has 0 spiro atoms. The molecule has 0 bridgehead atoms. The molecule has 18 heavy (non-hydrogen) atoms. The van der Waals surface area contributed by atoms with Gasteiger partial charge in [-0.25, -0.2) is 4.68 Å². The first-order chi connectivity index (χ1) is 8.52. The van der Waals surface area contributed by atoms with Crippen molar-refractivity contribution in [1.29, 1.82) is 0 Å². The Bertz CT molecular complexity index is 560. The first kappa shape index (κ1) is 12.6. The molecule has 2 aromatic rings. The predicted octanol–water partition coefficient (Wildman–Crippen LogP) is 2.09. The lowest BCUT2D eigenvalue weighted by Gasteiger charge is -2.13. The number of nitrogens with two attached hydrogens (primary N) is 1. The summed E-state index contributed by atoms with van der Waals surface area (Å²) in [6.07, 6.45) is 0. The Labute approximate surface area is 107 Å². The Kier molecular flexibility index (Phi) is 3.39. The van der Waals surface area contributed by atoms with Crippen LogP contribution in [0.1, 0.15) is 28.4 Å². The Morgan fingerprint density at radius 3 is 2.61 bits per heavy atom. The zero-order valence-corrected chi connectivity index (χ0v) is 11.3. The molecule has 1 aromatic carbocycles. The molecule has 0 aliphatic rings. The Balaban J connectivity index is 2.40. The van der Waals surface area contributed by atoms with Crippen LogP contribution in [0.4, 0.5) is 0 Å². The van der Waals surface area contributed by atoms with E-state index in [1.54, 1.807) is 11.8 Å². The average Bonchev–Trinajstić information content (AvgIpc) is 2.73. The van der Waals surface area contributed by atoms with Crippen LogP contribution in [0.2, 0.25) is 0 Å². The maximum absolute atomic E-state index is 6.29. The molecule has 0 saturated heterocycles. The van der Waals surface area contributed by atoms with Crippen LogP contribution in [0, 0.1) is 13.8 Å². The molecule has 0 radical (unpaired) electrons. The first-order valence-corrected chi connectivity index (χ1v) is 5.93. The standard InChI is InChI=1S/C14H19N3O/c1-9-5-6-10(2)11(7-9)14(15)12-8-13(18-4)17(3)16-12/h5-8,14H,15H2,1-4H3. The second-order valence-electron chi connectivity index (χ2n) is 4.57. The van der Waals surface area contributed by atoms with Gasteiger partial charge in [0.05, 0.1) is 18.8 Å². The van der Waals surface area contributed by atoms with Gasteiger partial charge in [0.2, 0.25) is 5.88 Å². The van der Waals surface area contributed by atoms with Gasteiger partial charge >= 0.3 is 0 Å². The Hall–Kier alpha value is -1.81. The first-order valence-electron chi connectivity index (χ1n) is 5.93. The maximum atomic E-state index is 6.29. The van der Waals surface area contributed by atoms with E-state index in [9.17, 15) is 0 Å². The summed E-state index contributed by atoms with van der Waals surface area (Å²) in [7, 11) is 3.47. The molecule has 2 N–H and O–H groups in total. The molecule has 1 aromatic heterocycles. The Morgan fingerprint density at radius 1 is 1.28 bits per heavy atom. The summed E-state index contributed by atoms with van der Waals surface area (Å²) in [6.45, 7) is 4.13. The molecule has 0 saturated carbocycles. The van der Waals surface area contributed by atoms with Crippen molar-refractivity contribution in [2.75, 3.05) is 7.11 Å². The van der Waals surface area contributed by atoms with Crippen molar-refractivity contribution < 1.29 is 4.74 Å². The molecule has 0 aliphatic heterocycles. The van der Waals surface area contributed by atoms with E-state index in [-0.39, 0.29) is 6.04 Å². The third-order valence-electron chi connectivity index (χ3n) is 3.15. The average molecular weight is 245 g/mol. The SMILES string of the molecule is COc1cc(C(N)c2cc(C)ccc2C)nn1C. The van der Waals surface area contributed by atoms with Crippen LogP contribution in [0.15, 0.2) is 24.3 Å². The van der Waals surface area contributed by atoms with Crippen LogP contribution < -0.4 is 10.5 Å². The van der Waals surface area contributed by atoms with Gasteiger partial charge in [-0.2, -0.15) is 5.10 Å². The molecular formula is C14H19N3O. The van der Waals surface area contributed by atoms with Crippen molar-refractivity contribution in [3.05, 3.63) is 46.6 Å². The molecule has 1 unspecified atom stereocenters. The van der Waals surface area contributed by atoms with Crippen molar-refractivity contribution in [1.82, 2.24) is 9.78 Å². The molecule has 0 amide bonds. The highest BCUT2D eigenvalue weighted by Crippen LogP contribution is 2.25. The lowest BCUT2D eigenvalue weighted by Crippen LogP contribution is -2.14. The third kappa shape index (κ3) is 2.24. The highest BCUT2D eigenvalue weighted by molar-refractivity contribution is 5.37. The quantitative estimate of drug-likeness (QED) is 0.901. The minimum absolute atomic E-state index is 0.222. The normalized spacial score (nSPS) is 12.5. The number of aromatic nitrogens is 2. The summed E-state index contributed by atoms with van der Waals surface area (Å²) in [5, 5.41) is 4.40. The van der Waals surface area contributed by atoms with E-state index >= 15 is 0 Å². The molecule has 1 heterocycles. The number of nitrogens with zero attached hydrogens (tertiary/aromatic N) is 2. The van der Waals surface area contributed by atoms with E-state index < -0.39 is 0 Å². The largest absolute Gasteiger partial charge is 0.481 e. The Morgan fingerprint density at radius 2 is 2.00 bits per heavy atom. The van der Waals surface area contributed by atoms with Crippen molar-refractivity contribution in [2.45, 2.75) is 19.9 Å². The van der Waals surface area contributed by atoms with Crippen LogP contribution in [0.5, 0.6) is 5.88 Å². The summed E-state index contributed by atoms with van der Waals surface area (Å²) in [4.78, 5) is 0. The van der Waals surface area contributed by atoms with Gasteiger partial charge in [0.15, 0.2) is 0 Å². The number of rotatable bonds is 3. The predicted molar refractivity (Wildman–Crippen MR) is 71.7 cm³/mol. The fourth-order valence-electron chi connectivity index (χ4n) is 2.07. The monoisotopic (exact) mass is 245 g/mol. The second kappa shape index (κ2) is 4.82. The highest BCUT2D eigenvalue weighted by atomic mass is 16.5. The smallest absolute Gasteiger partial charge is 0.211 e. The van der Waals surface area contributed by atoms with Gasteiger partial charge in [0, 0.05) is 13.1 Å². The minimum Gasteiger partial charge on any atom is -0.481 e. The van der Waals surface area contributed by atoms with Gasteiger partial charge in [-0.15, -0.1) is 0 Å². The summed E-state index contributed by atoms with van der Waals surface area (Å²) >= 11 is 0. The topological polar surface area (TPSA) is 53.1 Å². The van der Waals surface area contributed by atoms with E-state index in [0.29, 0.717) is 5.88 Å². The molecule has 2 rings (SSSR count). The number of benzene rings is 1. The van der Waals surface area contributed by atoms with Gasteiger partial charge in [-0.05, 0) is 25.0 Å². The lowest BCUT2D eigenvalue weighted by molar-refractivity contribution is 0.373. The third-order valence-corrected chi connectivity index (χ3v) is 3.15. The van der Waals surface area contributed by atoms with Crippen LogP contribution in [-0.4, -0.2) is 16.9 Å². The number of hydrogen-bond donors (Lipinski definition) is 1. The van der Waals surface area contributed by atoms with Crippen molar-refractivity contribution in [3.63, 3.8) is 0 Å². The van der Waals surface area contributed by atoms with E-state index in [0.717, 1.165) is 11.3 Å². The number of methoxy groups -OCH3 is 1. The number of aryl methyl sites for hydroxylation is 3. The lowest BCUT2D eigenvalue weighted by atomic mass is 9.97. The zero-order valence-electron chi connectivity index (χ0n) is 11.3. The molecule has 4 heteroatoms. The molecule has 96 valence electrons. The van der Waals surface area contributed by atoms with E-state index in [1.807, 2.05) is 13.1 Å². The van der Waals surface area contributed by atoms with Crippen molar-refractivity contribution in [2.24, 2.45) is 12.8 Å². The van der Waals surface area contributed by atoms with Gasteiger partial charge in [0.1, 0.15) is 0 Å². The molecule has 0 fully saturated rings. The van der Waals surface area contributed by atoms with Gasteiger partial charge < -0.3 is 10.5 Å². The van der Waals surface area contributed by atoms with Crippen molar-refractivity contribution in [3.8, 4) is 5.88 Å².